The normalized spacial score (nSPS) is 13.3. The first kappa shape index (κ1) is 10.5. The molecule has 2 aromatic rings. The van der Waals surface area contributed by atoms with Gasteiger partial charge in [0.25, 0.3) is 0 Å². The summed E-state index contributed by atoms with van der Waals surface area (Å²) in [6.45, 7) is 2.81. The topological polar surface area (TPSA) is 43.3 Å². The van der Waals surface area contributed by atoms with Crippen molar-refractivity contribution in [2.24, 2.45) is 11.7 Å². The molecule has 0 aromatic carbocycles. The molecule has 0 saturated heterocycles. The summed E-state index contributed by atoms with van der Waals surface area (Å²) in [4.78, 5) is 4.48. The first-order valence-electron chi connectivity index (χ1n) is 5.02. The third kappa shape index (κ3) is 2.30. The maximum Gasteiger partial charge on any atom is 0.138 e. The molecular formula is C11H14ClN3. The highest BCUT2D eigenvalue weighted by Crippen LogP contribution is 2.14. The number of rotatable bonds is 3. The number of hydrogen-bond donors (Lipinski definition) is 1. The molecule has 2 rings (SSSR count). The van der Waals surface area contributed by atoms with E-state index in [0.29, 0.717) is 17.5 Å². The van der Waals surface area contributed by atoms with Crippen molar-refractivity contribution in [1.82, 2.24) is 9.38 Å². The zero-order valence-electron chi connectivity index (χ0n) is 8.65. The van der Waals surface area contributed by atoms with E-state index in [-0.39, 0.29) is 0 Å². The largest absolute Gasteiger partial charge is 0.330 e. The summed E-state index contributed by atoms with van der Waals surface area (Å²) in [5.41, 5.74) is 7.54. The first-order chi connectivity index (χ1) is 7.19. The first-order valence-corrected chi connectivity index (χ1v) is 5.40. The molecule has 15 heavy (non-hydrogen) atoms. The molecule has 80 valence electrons. The van der Waals surface area contributed by atoms with E-state index >= 15 is 0 Å². The summed E-state index contributed by atoms with van der Waals surface area (Å²) in [5, 5.41) is 0.714. The van der Waals surface area contributed by atoms with Gasteiger partial charge in [0.2, 0.25) is 0 Å². The summed E-state index contributed by atoms with van der Waals surface area (Å²) in [7, 11) is 0. The molecule has 2 N–H and O–H groups in total. The predicted octanol–water partition coefficient (Wildman–Crippen LogP) is 2.12. The molecule has 1 atom stereocenters. The highest BCUT2D eigenvalue weighted by Gasteiger charge is 2.06. The van der Waals surface area contributed by atoms with Crippen molar-refractivity contribution in [3.63, 3.8) is 0 Å². The van der Waals surface area contributed by atoms with Gasteiger partial charge in [-0.15, -0.1) is 0 Å². The van der Waals surface area contributed by atoms with Crippen LogP contribution in [0.3, 0.4) is 0 Å². The summed E-state index contributed by atoms with van der Waals surface area (Å²) < 4.78 is 1.98. The summed E-state index contributed by atoms with van der Waals surface area (Å²) >= 11 is 5.89. The van der Waals surface area contributed by atoms with Crippen LogP contribution in [0, 0.1) is 5.92 Å². The number of aromatic nitrogens is 2. The number of fused-ring (bicyclic) bond motifs is 1. The van der Waals surface area contributed by atoms with Crippen molar-refractivity contribution in [1.29, 1.82) is 0 Å². The van der Waals surface area contributed by atoms with Crippen LogP contribution in [0.25, 0.3) is 5.65 Å². The zero-order valence-corrected chi connectivity index (χ0v) is 9.41. The number of nitrogens with zero attached hydrogens (tertiary/aromatic N) is 2. The van der Waals surface area contributed by atoms with Gasteiger partial charge in [0, 0.05) is 17.4 Å². The van der Waals surface area contributed by atoms with Crippen molar-refractivity contribution in [3.8, 4) is 0 Å². The van der Waals surface area contributed by atoms with E-state index in [2.05, 4.69) is 11.9 Å². The van der Waals surface area contributed by atoms with Crippen LogP contribution >= 0.6 is 11.6 Å². The fourth-order valence-electron chi connectivity index (χ4n) is 1.55. The van der Waals surface area contributed by atoms with Gasteiger partial charge < -0.3 is 10.1 Å². The average Bonchev–Trinajstić information content (AvgIpc) is 2.59. The van der Waals surface area contributed by atoms with Crippen LogP contribution in [-0.2, 0) is 6.42 Å². The number of hydrogen-bond acceptors (Lipinski definition) is 2. The minimum atomic E-state index is 0.463. The fraction of sp³-hybridized carbons (Fsp3) is 0.364. The summed E-state index contributed by atoms with van der Waals surface area (Å²) in [5.74, 6) is 0.463. The quantitative estimate of drug-likeness (QED) is 0.866. The van der Waals surface area contributed by atoms with Crippen LogP contribution in [0.4, 0.5) is 0 Å². The molecule has 0 spiro atoms. The standard InChI is InChI=1S/C11H14ClN3/c1-8(6-13)4-10-7-15-3-2-9(12)5-11(15)14-10/h2-3,5,7-8H,4,6,13H2,1H3. The second kappa shape index (κ2) is 4.21. The van der Waals surface area contributed by atoms with Crippen molar-refractivity contribution in [2.75, 3.05) is 6.54 Å². The lowest BCUT2D eigenvalue weighted by Crippen LogP contribution is -2.13. The van der Waals surface area contributed by atoms with E-state index in [9.17, 15) is 0 Å². The van der Waals surface area contributed by atoms with Crippen LogP contribution in [0.2, 0.25) is 5.02 Å². The molecule has 0 radical (unpaired) electrons. The molecule has 0 saturated carbocycles. The Morgan fingerprint density at radius 2 is 2.40 bits per heavy atom. The predicted molar refractivity (Wildman–Crippen MR) is 62.1 cm³/mol. The summed E-state index contributed by atoms with van der Waals surface area (Å²) in [6, 6.07) is 3.71. The number of halogens is 1. The Hall–Kier alpha value is -1.06. The lowest BCUT2D eigenvalue weighted by Gasteiger charge is -2.03. The van der Waals surface area contributed by atoms with Crippen LogP contribution < -0.4 is 5.73 Å². The second-order valence-corrected chi connectivity index (χ2v) is 4.32. The van der Waals surface area contributed by atoms with E-state index in [1.165, 1.54) is 0 Å². The molecule has 1 unspecified atom stereocenters. The van der Waals surface area contributed by atoms with Crippen molar-refractivity contribution in [3.05, 3.63) is 35.2 Å². The molecular weight excluding hydrogens is 210 g/mol. The lowest BCUT2D eigenvalue weighted by molar-refractivity contribution is 0.586. The van der Waals surface area contributed by atoms with Gasteiger partial charge in [0.05, 0.1) is 5.69 Å². The molecule has 2 aromatic heterocycles. The van der Waals surface area contributed by atoms with Gasteiger partial charge in [0.1, 0.15) is 5.65 Å². The molecule has 3 nitrogen and oxygen atoms in total. The molecule has 0 amide bonds. The minimum absolute atomic E-state index is 0.463. The Morgan fingerprint density at radius 1 is 1.60 bits per heavy atom. The smallest absolute Gasteiger partial charge is 0.138 e. The van der Waals surface area contributed by atoms with E-state index in [1.807, 2.05) is 28.9 Å². The maximum absolute atomic E-state index is 5.89. The van der Waals surface area contributed by atoms with E-state index in [4.69, 9.17) is 17.3 Å². The Bertz CT molecular complexity index is 464. The van der Waals surface area contributed by atoms with Crippen LogP contribution in [0.15, 0.2) is 24.5 Å². The van der Waals surface area contributed by atoms with Crippen LogP contribution in [-0.4, -0.2) is 15.9 Å². The number of pyridine rings is 1. The van der Waals surface area contributed by atoms with E-state index < -0.39 is 0 Å². The van der Waals surface area contributed by atoms with Gasteiger partial charge >= 0.3 is 0 Å². The van der Waals surface area contributed by atoms with Crippen molar-refractivity contribution in [2.45, 2.75) is 13.3 Å². The molecule has 4 heteroatoms. The van der Waals surface area contributed by atoms with Gasteiger partial charge in [-0.1, -0.05) is 18.5 Å². The van der Waals surface area contributed by atoms with Crippen LogP contribution in [0.1, 0.15) is 12.6 Å². The Labute approximate surface area is 93.9 Å². The Balaban J connectivity index is 2.30. The van der Waals surface area contributed by atoms with Crippen molar-refractivity contribution >= 4 is 17.2 Å². The summed E-state index contributed by atoms with van der Waals surface area (Å²) in [6.07, 6.45) is 4.86. The van der Waals surface area contributed by atoms with E-state index in [0.717, 1.165) is 17.8 Å². The highest BCUT2D eigenvalue weighted by molar-refractivity contribution is 6.30. The van der Waals surface area contributed by atoms with Gasteiger partial charge in [-0.3, -0.25) is 0 Å². The average molecular weight is 224 g/mol. The Kier molecular flexibility index (Phi) is 2.93. The molecule has 0 aliphatic carbocycles. The Morgan fingerprint density at radius 3 is 3.13 bits per heavy atom. The molecule has 0 aliphatic rings. The second-order valence-electron chi connectivity index (χ2n) is 3.89. The fourth-order valence-corrected chi connectivity index (χ4v) is 1.70. The number of nitrogens with two attached hydrogens (primary N) is 1. The van der Waals surface area contributed by atoms with Gasteiger partial charge in [-0.05, 0) is 31.0 Å². The van der Waals surface area contributed by atoms with Gasteiger partial charge in [-0.25, -0.2) is 4.98 Å². The highest BCUT2D eigenvalue weighted by atomic mass is 35.5. The minimum Gasteiger partial charge on any atom is -0.330 e. The van der Waals surface area contributed by atoms with Gasteiger partial charge in [-0.2, -0.15) is 0 Å². The number of imidazole rings is 1. The lowest BCUT2D eigenvalue weighted by atomic mass is 10.1. The zero-order chi connectivity index (χ0) is 10.8. The molecule has 0 bridgehead atoms. The monoisotopic (exact) mass is 223 g/mol. The third-order valence-electron chi connectivity index (χ3n) is 2.43. The third-order valence-corrected chi connectivity index (χ3v) is 2.67. The van der Waals surface area contributed by atoms with Crippen molar-refractivity contribution < 1.29 is 0 Å². The van der Waals surface area contributed by atoms with Crippen LogP contribution in [0.5, 0.6) is 0 Å². The molecule has 0 aliphatic heterocycles. The molecule has 0 fully saturated rings. The van der Waals surface area contributed by atoms with E-state index in [1.54, 1.807) is 0 Å². The SMILES string of the molecule is CC(CN)Cc1cn2ccc(Cl)cc2n1. The van der Waals surface area contributed by atoms with Gasteiger partial charge in [0.15, 0.2) is 0 Å². The molecule has 2 heterocycles. The maximum atomic E-state index is 5.89.